The molecule has 0 radical (unpaired) electrons. The van der Waals surface area contributed by atoms with E-state index in [0.29, 0.717) is 33.0 Å². The minimum absolute atomic E-state index is 0.275. The summed E-state index contributed by atoms with van der Waals surface area (Å²) in [6.45, 7) is 2.05. The fourth-order valence-corrected chi connectivity index (χ4v) is 4.35. The highest BCUT2D eigenvalue weighted by Crippen LogP contribution is 2.31. The van der Waals surface area contributed by atoms with Crippen LogP contribution in [0.25, 0.3) is 16.8 Å². The van der Waals surface area contributed by atoms with Crippen LogP contribution in [0.2, 0.25) is 5.02 Å². The van der Waals surface area contributed by atoms with Crippen LogP contribution in [-0.2, 0) is 9.53 Å². The number of thiophene rings is 1. The topological polar surface area (TPSA) is 69.4 Å². The summed E-state index contributed by atoms with van der Waals surface area (Å²) >= 11 is 9.31. The van der Waals surface area contributed by atoms with Gasteiger partial charge >= 0.3 is 5.97 Å². The molecule has 142 valence electrons. The monoisotopic (exact) mass is 430 g/mol. The number of halogens is 1. The number of rotatable bonds is 5. The molecule has 28 heavy (non-hydrogen) atoms. The number of aromatic nitrogens is 3. The van der Waals surface area contributed by atoms with E-state index in [2.05, 4.69) is 15.3 Å². The zero-order chi connectivity index (χ0) is 19.5. The van der Waals surface area contributed by atoms with E-state index in [1.165, 1.54) is 11.8 Å². The third-order valence-electron chi connectivity index (χ3n) is 3.92. The Morgan fingerprint density at radius 2 is 2.14 bits per heavy atom. The Morgan fingerprint density at radius 1 is 1.29 bits per heavy atom. The van der Waals surface area contributed by atoms with Crippen LogP contribution >= 0.6 is 34.7 Å². The number of carbonyl (C=O) groups excluding carboxylic acids is 1. The third-order valence-corrected chi connectivity index (χ3v) is 6.06. The van der Waals surface area contributed by atoms with Crippen LogP contribution in [0.1, 0.15) is 12.5 Å². The molecule has 0 unspecified atom stereocenters. The number of ether oxygens (including phenoxy) is 1. The number of benzene rings is 1. The smallest absolute Gasteiger partial charge is 0.340 e. The summed E-state index contributed by atoms with van der Waals surface area (Å²) in [7, 11) is 0. The Bertz CT molecular complexity index is 1070. The average Bonchev–Trinajstić information content (AvgIpc) is 3.36. The van der Waals surface area contributed by atoms with Gasteiger partial charge in [-0.25, -0.2) is 4.79 Å². The van der Waals surface area contributed by atoms with Crippen molar-refractivity contribution in [1.82, 2.24) is 14.9 Å². The zero-order valence-electron chi connectivity index (χ0n) is 14.8. The van der Waals surface area contributed by atoms with Gasteiger partial charge in [-0.15, -0.1) is 21.5 Å². The van der Waals surface area contributed by atoms with Gasteiger partial charge in [0.2, 0.25) is 5.16 Å². The summed E-state index contributed by atoms with van der Waals surface area (Å²) in [6, 6.07) is 11.2. The van der Waals surface area contributed by atoms with Gasteiger partial charge in [0, 0.05) is 10.8 Å². The van der Waals surface area contributed by atoms with Gasteiger partial charge in [-0.1, -0.05) is 47.6 Å². The van der Waals surface area contributed by atoms with E-state index in [1.807, 2.05) is 35.7 Å². The van der Waals surface area contributed by atoms with Gasteiger partial charge in [-0.2, -0.15) is 9.78 Å². The summed E-state index contributed by atoms with van der Waals surface area (Å²) in [6.07, 6.45) is 1.72. The predicted octanol–water partition coefficient (Wildman–Crippen LogP) is 4.62. The molecule has 0 spiro atoms. The molecule has 6 nitrogen and oxygen atoms in total. The quantitative estimate of drug-likeness (QED) is 0.436. The normalized spacial score (nSPS) is 13.8. The van der Waals surface area contributed by atoms with Crippen molar-refractivity contribution in [3.63, 3.8) is 0 Å². The van der Waals surface area contributed by atoms with Crippen molar-refractivity contribution in [3.05, 3.63) is 57.9 Å². The molecule has 0 fully saturated rings. The Kier molecular flexibility index (Phi) is 5.61. The van der Waals surface area contributed by atoms with Gasteiger partial charge in [0.1, 0.15) is 0 Å². The van der Waals surface area contributed by atoms with Crippen LogP contribution in [0.3, 0.4) is 0 Å². The first-order valence-electron chi connectivity index (χ1n) is 8.51. The molecule has 9 heteroatoms. The van der Waals surface area contributed by atoms with E-state index in [4.69, 9.17) is 16.3 Å². The number of thioether (sulfide) groups is 1. The Hall–Kier alpha value is -2.42. The second-order valence-electron chi connectivity index (χ2n) is 5.73. The first-order valence-corrected chi connectivity index (χ1v) is 10.8. The highest BCUT2D eigenvalue weighted by molar-refractivity contribution is 7.99. The van der Waals surface area contributed by atoms with Gasteiger partial charge in [0.15, 0.2) is 5.82 Å². The third kappa shape index (κ3) is 3.76. The van der Waals surface area contributed by atoms with E-state index in [1.54, 1.807) is 35.1 Å². The first-order chi connectivity index (χ1) is 13.7. The first kappa shape index (κ1) is 18.9. The molecule has 1 aromatic carbocycles. The maximum atomic E-state index is 12.7. The molecule has 0 N–H and O–H groups in total. The summed E-state index contributed by atoms with van der Waals surface area (Å²) < 4.78 is 6.94. The standard InChI is InChI=1S/C19H15ClN4O2S2/c1-2-26-18(25)13(10-12-6-3-4-7-14(12)20)15-11-28-19-22-21-17(24(19)23-15)16-8-5-9-27-16/h3-10H,2,11H2,1H3/b13-10-. The van der Waals surface area contributed by atoms with E-state index >= 15 is 0 Å². The molecule has 0 amide bonds. The second kappa shape index (κ2) is 8.30. The molecule has 0 atom stereocenters. The van der Waals surface area contributed by atoms with Crippen molar-refractivity contribution in [2.24, 2.45) is 5.10 Å². The number of esters is 1. The molecule has 0 bridgehead atoms. The van der Waals surface area contributed by atoms with Gasteiger partial charge in [-0.3, -0.25) is 0 Å². The number of hydrogen-bond donors (Lipinski definition) is 0. The van der Waals surface area contributed by atoms with Crippen LogP contribution in [-0.4, -0.2) is 38.9 Å². The van der Waals surface area contributed by atoms with Crippen LogP contribution in [0.5, 0.6) is 0 Å². The van der Waals surface area contributed by atoms with Crippen LogP contribution in [0, 0.1) is 0 Å². The Morgan fingerprint density at radius 3 is 2.89 bits per heavy atom. The number of fused-ring (bicyclic) bond motifs is 1. The molecular weight excluding hydrogens is 416 g/mol. The number of carbonyl (C=O) groups is 1. The van der Waals surface area contributed by atoms with Crippen molar-refractivity contribution in [2.45, 2.75) is 12.1 Å². The largest absolute Gasteiger partial charge is 0.462 e. The molecule has 4 rings (SSSR count). The summed E-state index contributed by atoms with van der Waals surface area (Å²) in [5, 5.41) is 16.3. The van der Waals surface area contributed by atoms with Crippen molar-refractivity contribution < 1.29 is 9.53 Å². The lowest BCUT2D eigenvalue weighted by Crippen LogP contribution is -2.21. The number of nitrogens with zero attached hydrogens (tertiary/aromatic N) is 4. The van der Waals surface area contributed by atoms with Crippen LogP contribution in [0.4, 0.5) is 0 Å². The lowest BCUT2D eigenvalue weighted by molar-refractivity contribution is -0.137. The maximum Gasteiger partial charge on any atom is 0.340 e. The van der Waals surface area contributed by atoms with E-state index in [9.17, 15) is 4.79 Å². The second-order valence-corrected chi connectivity index (χ2v) is 8.03. The summed E-state index contributed by atoms with van der Waals surface area (Å²) in [5.41, 5.74) is 1.69. The summed E-state index contributed by atoms with van der Waals surface area (Å²) in [4.78, 5) is 13.6. The predicted molar refractivity (Wildman–Crippen MR) is 113 cm³/mol. The van der Waals surface area contributed by atoms with Gasteiger partial charge in [0.05, 0.1) is 22.8 Å². The molecule has 3 aromatic rings. The van der Waals surface area contributed by atoms with Crippen molar-refractivity contribution >= 4 is 52.5 Å². The van der Waals surface area contributed by atoms with Gasteiger partial charge < -0.3 is 4.74 Å². The molecule has 0 aliphatic carbocycles. The number of hydrogen-bond acceptors (Lipinski definition) is 7. The molecule has 1 aliphatic rings. The molecule has 0 saturated carbocycles. The van der Waals surface area contributed by atoms with Gasteiger partial charge in [-0.05, 0) is 36.1 Å². The minimum Gasteiger partial charge on any atom is -0.462 e. The van der Waals surface area contributed by atoms with Crippen LogP contribution in [0.15, 0.2) is 57.6 Å². The Labute approximate surface area is 174 Å². The van der Waals surface area contributed by atoms with Crippen molar-refractivity contribution in [3.8, 4) is 10.7 Å². The van der Waals surface area contributed by atoms with E-state index < -0.39 is 5.97 Å². The fraction of sp³-hybridized carbons (Fsp3) is 0.158. The zero-order valence-corrected chi connectivity index (χ0v) is 17.2. The highest BCUT2D eigenvalue weighted by atomic mass is 35.5. The molecule has 3 heterocycles. The van der Waals surface area contributed by atoms with Crippen LogP contribution < -0.4 is 0 Å². The molecule has 1 aliphatic heterocycles. The lowest BCUT2D eigenvalue weighted by atomic mass is 10.1. The SMILES string of the molecule is CCOC(=O)/C(=C\c1ccccc1Cl)C1=Nn2c(nnc2-c2cccs2)SC1. The maximum absolute atomic E-state index is 12.7. The van der Waals surface area contributed by atoms with Gasteiger partial charge in [0.25, 0.3) is 0 Å². The summed E-state index contributed by atoms with van der Waals surface area (Å²) in [5.74, 6) is 0.698. The van der Waals surface area contributed by atoms with Crippen molar-refractivity contribution in [2.75, 3.05) is 12.4 Å². The molecule has 0 saturated heterocycles. The Balaban J connectivity index is 1.80. The van der Waals surface area contributed by atoms with E-state index in [-0.39, 0.29) is 6.61 Å². The average molecular weight is 431 g/mol. The van der Waals surface area contributed by atoms with Crippen molar-refractivity contribution in [1.29, 1.82) is 0 Å². The molecule has 2 aromatic heterocycles. The fourth-order valence-electron chi connectivity index (χ4n) is 2.64. The van der Waals surface area contributed by atoms with E-state index in [0.717, 1.165) is 10.4 Å². The lowest BCUT2D eigenvalue weighted by Gasteiger charge is -2.15. The molecular formula is C19H15ClN4O2S2. The minimum atomic E-state index is -0.434. The highest BCUT2D eigenvalue weighted by Gasteiger charge is 2.26.